The second kappa shape index (κ2) is 7.70. The monoisotopic (exact) mass is 247 g/mol. The Kier molecular flexibility index (Phi) is 6.20. The maximum Gasteiger partial charge on any atom is 0.101 e. The first-order valence-corrected chi connectivity index (χ1v) is 6.28. The van der Waals surface area contributed by atoms with Gasteiger partial charge in [0.15, 0.2) is 0 Å². The smallest absolute Gasteiger partial charge is 0.101 e. The molecular weight excluding hydrogens is 226 g/mol. The third-order valence-corrected chi connectivity index (χ3v) is 2.73. The van der Waals surface area contributed by atoms with E-state index >= 15 is 0 Å². The molecule has 4 heteroatoms. The minimum atomic E-state index is -0.437. The molecule has 2 N–H and O–H groups in total. The van der Waals surface area contributed by atoms with Gasteiger partial charge in [0.25, 0.3) is 0 Å². The van der Waals surface area contributed by atoms with Crippen molar-refractivity contribution in [3.63, 3.8) is 0 Å². The van der Waals surface area contributed by atoms with E-state index in [-0.39, 0.29) is 0 Å². The molecule has 0 spiro atoms. The lowest BCUT2D eigenvalue weighted by molar-refractivity contribution is 0.178. The van der Waals surface area contributed by atoms with Crippen LogP contribution < -0.4 is 10.2 Å². The van der Waals surface area contributed by atoms with Gasteiger partial charge < -0.3 is 15.3 Å². The number of para-hydroxylation sites is 1. The molecule has 0 aromatic heterocycles. The highest BCUT2D eigenvalue weighted by Crippen LogP contribution is 2.17. The van der Waals surface area contributed by atoms with E-state index in [0.717, 1.165) is 18.7 Å². The molecule has 0 aliphatic heterocycles. The molecule has 1 aromatic rings. The lowest BCUT2D eigenvalue weighted by Gasteiger charge is -2.23. The standard InChI is InChI=1S/C14H21N3O/c1-3-8-16-10-13(18)11-17(2)14-7-5-4-6-12(14)9-15/h4-7,13,16,18H,3,8,10-11H2,1-2H3. The van der Waals surface area contributed by atoms with Gasteiger partial charge in [0, 0.05) is 20.1 Å². The van der Waals surface area contributed by atoms with Crippen LogP contribution in [0.2, 0.25) is 0 Å². The largest absolute Gasteiger partial charge is 0.390 e. The number of aliphatic hydroxyl groups excluding tert-OH is 1. The summed E-state index contributed by atoms with van der Waals surface area (Å²) >= 11 is 0. The van der Waals surface area contributed by atoms with Crippen molar-refractivity contribution in [1.82, 2.24) is 5.32 Å². The van der Waals surface area contributed by atoms with Crippen molar-refractivity contribution >= 4 is 5.69 Å². The van der Waals surface area contributed by atoms with Gasteiger partial charge in [-0.15, -0.1) is 0 Å². The molecule has 0 amide bonds. The van der Waals surface area contributed by atoms with E-state index in [9.17, 15) is 5.11 Å². The number of aliphatic hydroxyl groups is 1. The zero-order valence-corrected chi connectivity index (χ0v) is 11.1. The van der Waals surface area contributed by atoms with E-state index in [1.165, 1.54) is 0 Å². The van der Waals surface area contributed by atoms with Gasteiger partial charge in [-0.25, -0.2) is 0 Å². The Balaban J connectivity index is 2.54. The van der Waals surface area contributed by atoms with E-state index in [1.807, 2.05) is 30.1 Å². The summed E-state index contributed by atoms with van der Waals surface area (Å²) < 4.78 is 0. The van der Waals surface area contributed by atoms with Crippen molar-refractivity contribution in [2.24, 2.45) is 0 Å². The van der Waals surface area contributed by atoms with Crippen LogP contribution in [0.5, 0.6) is 0 Å². The van der Waals surface area contributed by atoms with Gasteiger partial charge in [-0.1, -0.05) is 19.1 Å². The Labute approximate surface area is 109 Å². The van der Waals surface area contributed by atoms with Crippen LogP contribution in [0.3, 0.4) is 0 Å². The van der Waals surface area contributed by atoms with Crippen LogP contribution in [-0.2, 0) is 0 Å². The van der Waals surface area contributed by atoms with Crippen LogP contribution >= 0.6 is 0 Å². The number of nitrogens with one attached hydrogen (secondary N) is 1. The summed E-state index contributed by atoms with van der Waals surface area (Å²) in [4.78, 5) is 1.91. The highest BCUT2D eigenvalue weighted by Gasteiger charge is 2.11. The normalized spacial score (nSPS) is 11.9. The van der Waals surface area contributed by atoms with Crippen LogP contribution in [0, 0.1) is 11.3 Å². The molecule has 0 saturated heterocycles. The topological polar surface area (TPSA) is 59.3 Å². The summed E-state index contributed by atoms with van der Waals surface area (Å²) in [6.07, 6.45) is 0.619. The fourth-order valence-corrected chi connectivity index (χ4v) is 1.83. The third kappa shape index (κ3) is 4.36. The van der Waals surface area contributed by atoms with E-state index in [0.29, 0.717) is 18.7 Å². The fraction of sp³-hybridized carbons (Fsp3) is 0.500. The highest BCUT2D eigenvalue weighted by atomic mass is 16.3. The Hall–Kier alpha value is -1.57. The van der Waals surface area contributed by atoms with Gasteiger partial charge in [0.1, 0.15) is 6.07 Å². The molecule has 0 heterocycles. The van der Waals surface area contributed by atoms with Crippen molar-refractivity contribution in [1.29, 1.82) is 5.26 Å². The molecule has 0 saturated carbocycles. The first-order chi connectivity index (χ1) is 8.69. The number of nitrogens with zero attached hydrogens (tertiary/aromatic N) is 2. The van der Waals surface area contributed by atoms with Crippen molar-refractivity contribution in [3.8, 4) is 6.07 Å². The van der Waals surface area contributed by atoms with Gasteiger partial charge >= 0.3 is 0 Å². The minimum absolute atomic E-state index is 0.437. The van der Waals surface area contributed by atoms with E-state index in [1.54, 1.807) is 6.07 Å². The highest BCUT2D eigenvalue weighted by molar-refractivity contribution is 5.58. The maximum atomic E-state index is 9.88. The van der Waals surface area contributed by atoms with Gasteiger partial charge in [0.05, 0.1) is 17.4 Å². The van der Waals surface area contributed by atoms with Crippen molar-refractivity contribution in [3.05, 3.63) is 29.8 Å². The second-order valence-electron chi connectivity index (χ2n) is 4.37. The first kappa shape index (κ1) is 14.5. The molecular formula is C14H21N3O. The second-order valence-corrected chi connectivity index (χ2v) is 4.37. The Morgan fingerprint density at radius 3 is 2.83 bits per heavy atom. The number of hydrogen-bond donors (Lipinski definition) is 2. The predicted molar refractivity (Wildman–Crippen MR) is 73.6 cm³/mol. The zero-order valence-electron chi connectivity index (χ0n) is 11.1. The molecule has 1 aromatic carbocycles. The molecule has 0 radical (unpaired) electrons. The van der Waals surface area contributed by atoms with Crippen LogP contribution in [0.25, 0.3) is 0 Å². The molecule has 4 nitrogen and oxygen atoms in total. The average molecular weight is 247 g/mol. The summed E-state index contributed by atoms with van der Waals surface area (Å²) in [5.41, 5.74) is 1.49. The molecule has 1 unspecified atom stereocenters. The zero-order chi connectivity index (χ0) is 13.4. The number of rotatable bonds is 7. The quantitative estimate of drug-likeness (QED) is 0.714. The van der Waals surface area contributed by atoms with Crippen molar-refractivity contribution < 1.29 is 5.11 Å². The Morgan fingerprint density at radius 1 is 1.44 bits per heavy atom. The van der Waals surface area contributed by atoms with E-state index in [4.69, 9.17) is 5.26 Å². The Bertz CT molecular complexity index is 400. The number of nitriles is 1. The molecule has 0 aliphatic carbocycles. The van der Waals surface area contributed by atoms with Gasteiger partial charge in [-0.3, -0.25) is 0 Å². The van der Waals surface area contributed by atoms with E-state index < -0.39 is 6.10 Å². The summed E-state index contributed by atoms with van der Waals surface area (Å²) in [6.45, 7) is 4.09. The molecule has 0 aliphatic rings. The van der Waals surface area contributed by atoms with Crippen LogP contribution in [0.15, 0.2) is 24.3 Å². The summed E-state index contributed by atoms with van der Waals surface area (Å²) in [6, 6.07) is 9.58. The number of anilines is 1. The van der Waals surface area contributed by atoms with Crippen LogP contribution in [0.4, 0.5) is 5.69 Å². The maximum absolute atomic E-state index is 9.88. The van der Waals surface area contributed by atoms with Crippen molar-refractivity contribution in [2.75, 3.05) is 31.6 Å². The van der Waals surface area contributed by atoms with Crippen molar-refractivity contribution in [2.45, 2.75) is 19.4 Å². The molecule has 18 heavy (non-hydrogen) atoms. The number of likely N-dealkylation sites (N-methyl/N-ethyl adjacent to an activating group) is 1. The number of hydrogen-bond acceptors (Lipinski definition) is 4. The van der Waals surface area contributed by atoms with Gasteiger partial charge in [0.2, 0.25) is 0 Å². The third-order valence-electron chi connectivity index (χ3n) is 2.73. The molecule has 1 rings (SSSR count). The first-order valence-electron chi connectivity index (χ1n) is 6.28. The molecule has 1 atom stereocenters. The summed E-state index contributed by atoms with van der Waals surface area (Å²) in [5, 5.41) is 22.1. The van der Waals surface area contributed by atoms with Crippen LogP contribution in [-0.4, -0.2) is 37.9 Å². The van der Waals surface area contributed by atoms with Gasteiger partial charge in [-0.2, -0.15) is 5.26 Å². The lowest BCUT2D eigenvalue weighted by Crippen LogP contribution is -2.37. The lowest BCUT2D eigenvalue weighted by atomic mass is 10.1. The summed E-state index contributed by atoms with van der Waals surface area (Å²) in [5.74, 6) is 0. The molecule has 0 fully saturated rings. The summed E-state index contributed by atoms with van der Waals surface area (Å²) in [7, 11) is 1.89. The number of benzene rings is 1. The SMILES string of the molecule is CCCNCC(O)CN(C)c1ccccc1C#N. The average Bonchev–Trinajstić information content (AvgIpc) is 2.39. The molecule has 0 bridgehead atoms. The minimum Gasteiger partial charge on any atom is -0.390 e. The van der Waals surface area contributed by atoms with Gasteiger partial charge in [-0.05, 0) is 25.1 Å². The predicted octanol–water partition coefficient (Wildman–Crippen LogP) is 1.35. The van der Waals surface area contributed by atoms with Crippen LogP contribution in [0.1, 0.15) is 18.9 Å². The van der Waals surface area contributed by atoms with E-state index in [2.05, 4.69) is 18.3 Å². The Morgan fingerprint density at radius 2 is 2.17 bits per heavy atom. The molecule has 98 valence electrons. The fourth-order valence-electron chi connectivity index (χ4n) is 1.83.